The molecule has 0 amide bonds. The van der Waals surface area contributed by atoms with E-state index in [9.17, 15) is 4.79 Å². The quantitative estimate of drug-likeness (QED) is 0.696. The van der Waals surface area contributed by atoms with Crippen LogP contribution in [0.4, 0.5) is 5.82 Å². The molecule has 1 saturated heterocycles. The van der Waals surface area contributed by atoms with Crippen LogP contribution in [0, 0.1) is 0 Å². The fourth-order valence-corrected chi connectivity index (χ4v) is 1.92. The third-order valence-electron chi connectivity index (χ3n) is 2.82. The van der Waals surface area contributed by atoms with Gasteiger partial charge in [0, 0.05) is 18.5 Å². The minimum absolute atomic E-state index is 0.0803. The molecule has 1 aromatic rings. The van der Waals surface area contributed by atoms with E-state index in [1.807, 2.05) is 6.92 Å². The molecule has 16 heavy (non-hydrogen) atoms. The highest BCUT2D eigenvalue weighted by Crippen LogP contribution is 2.09. The van der Waals surface area contributed by atoms with Crippen LogP contribution >= 0.6 is 0 Å². The standard InChI is InChI=1S/C11H18N4O/c1-2-9-14-10(7-11(16)15-9)13-8-3-5-12-6-4-8/h7-8,12H,2-6H2,1H3,(H2,13,14,15,16). The van der Waals surface area contributed by atoms with Crippen molar-refractivity contribution in [2.75, 3.05) is 18.4 Å². The van der Waals surface area contributed by atoms with E-state index in [0.717, 1.165) is 38.2 Å². The SMILES string of the molecule is CCc1nc(NC2CCNCC2)cc(=O)[nH]1. The number of nitrogens with one attached hydrogen (secondary N) is 3. The topological polar surface area (TPSA) is 69.8 Å². The molecule has 3 N–H and O–H groups in total. The van der Waals surface area contributed by atoms with Gasteiger partial charge in [-0.05, 0) is 25.9 Å². The van der Waals surface area contributed by atoms with E-state index in [-0.39, 0.29) is 5.56 Å². The van der Waals surface area contributed by atoms with E-state index in [1.165, 1.54) is 6.07 Å². The van der Waals surface area contributed by atoms with E-state index < -0.39 is 0 Å². The molecule has 0 atom stereocenters. The van der Waals surface area contributed by atoms with Crippen molar-refractivity contribution in [3.05, 3.63) is 22.2 Å². The molecule has 0 bridgehead atoms. The number of nitrogens with zero attached hydrogens (tertiary/aromatic N) is 1. The van der Waals surface area contributed by atoms with Crippen LogP contribution in [-0.4, -0.2) is 29.1 Å². The second-order valence-electron chi connectivity index (χ2n) is 4.10. The molecular formula is C11H18N4O. The minimum atomic E-state index is -0.0803. The Labute approximate surface area is 94.7 Å². The summed E-state index contributed by atoms with van der Waals surface area (Å²) < 4.78 is 0. The Balaban J connectivity index is 2.07. The molecular weight excluding hydrogens is 204 g/mol. The lowest BCUT2D eigenvalue weighted by atomic mass is 10.1. The average molecular weight is 222 g/mol. The molecule has 1 aromatic heterocycles. The molecule has 1 fully saturated rings. The lowest BCUT2D eigenvalue weighted by molar-refractivity contribution is 0.478. The lowest BCUT2D eigenvalue weighted by Gasteiger charge is -2.24. The van der Waals surface area contributed by atoms with Gasteiger partial charge in [0.2, 0.25) is 0 Å². The zero-order valence-electron chi connectivity index (χ0n) is 9.55. The Morgan fingerprint density at radius 3 is 2.94 bits per heavy atom. The first-order chi connectivity index (χ1) is 7.78. The van der Waals surface area contributed by atoms with Gasteiger partial charge in [0.1, 0.15) is 11.6 Å². The highest BCUT2D eigenvalue weighted by molar-refractivity contribution is 5.34. The van der Waals surface area contributed by atoms with E-state index in [2.05, 4.69) is 20.6 Å². The first-order valence-electron chi connectivity index (χ1n) is 5.85. The predicted molar refractivity (Wildman–Crippen MR) is 63.8 cm³/mol. The molecule has 1 aliphatic heterocycles. The summed E-state index contributed by atoms with van der Waals surface area (Å²) >= 11 is 0. The van der Waals surface area contributed by atoms with Gasteiger partial charge in [-0.2, -0.15) is 0 Å². The van der Waals surface area contributed by atoms with Crippen molar-refractivity contribution in [1.82, 2.24) is 15.3 Å². The lowest BCUT2D eigenvalue weighted by Crippen LogP contribution is -2.35. The van der Waals surface area contributed by atoms with E-state index >= 15 is 0 Å². The fourth-order valence-electron chi connectivity index (χ4n) is 1.92. The number of hydrogen-bond donors (Lipinski definition) is 3. The molecule has 0 aliphatic carbocycles. The second kappa shape index (κ2) is 5.12. The molecule has 2 heterocycles. The molecule has 0 radical (unpaired) electrons. The highest BCUT2D eigenvalue weighted by Gasteiger charge is 2.13. The Kier molecular flexibility index (Phi) is 3.56. The molecule has 88 valence electrons. The third-order valence-corrected chi connectivity index (χ3v) is 2.82. The van der Waals surface area contributed by atoms with Gasteiger partial charge in [0.25, 0.3) is 5.56 Å². The molecule has 0 spiro atoms. The summed E-state index contributed by atoms with van der Waals surface area (Å²) in [5.74, 6) is 1.44. The van der Waals surface area contributed by atoms with Crippen LogP contribution in [-0.2, 0) is 6.42 Å². The number of hydrogen-bond acceptors (Lipinski definition) is 4. The number of aromatic nitrogens is 2. The summed E-state index contributed by atoms with van der Waals surface area (Å²) in [5, 5.41) is 6.63. The number of piperidine rings is 1. The number of anilines is 1. The van der Waals surface area contributed by atoms with Crippen molar-refractivity contribution in [3.63, 3.8) is 0 Å². The van der Waals surface area contributed by atoms with Crippen LogP contribution in [0.3, 0.4) is 0 Å². The highest BCUT2D eigenvalue weighted by atomic mass is 16.1. The van der Waals surface area contributed by atoms with Gasteiger partial charge in [-0.25, -0.2) is 4.98 Å². The van der Waals surface area contributed by atoms with Crippen molar-refractivity contribution in [2.45, 2.75) is 32.2 Å². The van der Waals surface area contributed by atoms with E-state index in [1.54, 1.807) is 0 Å². The molecule has 1 aliphatic rings. The molecule has 0 unspecified atom stereocenters. The first kappa shape index (κ1) is 11.1. The average Bonchev–Trinajstić information content (AvgIpc) is 2.29. The van der Waals surface area contributed by atoms with Crippen molar-refractivity contribution in [2.24, 2.45) is 0 Å². The predicted octanol–water partition coefficient (Wildman–Crippen LogP) is 0.496. The van der Waals surface area contributed by atoms with Gasteiger partial charge < -0.3 is 15.6 Å². The van der Waals surface area contributed by atoms with E-state index in [0.29, 0.717) is 11.9 Å². The van der Waals surface area contributed by atoms with Crippen LogP contribution in [0.15, 0.2) is 10.9 Å². The zero-order valence-corrected chi connectivity index (χ0v) is 9.55. The molecule has 0 aromatic carbocycles. The number of rotatable bonds is 3. The van der Waals surface area contributed by atoms with Crippen LogP contribution in [0.5, 0.6) is 0 Å². The maximum Gasteiger partial charge on any atom is 0.252 e. The number of aryl methyl sites for hydroxylation is 1. The van der Waals surface area contributed by atoms with Gasteiger partial charge >= 0.3 is 0 Å². The third kappa shape index (κ3) is 2.82. The van der Waals surface area contributed by atoms with Crippen molar-refractivity contribution in [3.8, 4) is 0 Å². The van der Waals surface area contributed by atoms with Gasteiger partial charge in [-0.3, -0.25) is 4.79 Å². The van der Waals surface area contributed by atoms with Gasteiger partial charge in [-0.15, -0.1) is 0 Å². The summed E-state index contributed by atoms with van der Waals surface area (Å²) in [6, 6.07) is 1.96. The Morgan fingerprint density at radius 2 is 2.25 bits per heavy atom. The summed E-state index contributed by atoms with van der Waals surface area (Å²) in [4.78, 5) is 18.4. The van der Waals surface area contributed by atoms with Crippen LogP contribution in [0.1, 0.15) is 25.6 Å². The number of aromatic amines is 1. The zero-order chi connectivity index (χ0) is 11.4. The Hall–Kier alpha value is -1.36. The Morgan fingerprint density at radius 1 is 1.50 bits per heavy atom. The van der Waals surface area contributed by atoms with Crippen LogP contribution < -0.4 is 16.2 Å². The maximum atomic E-state index is 11.4. The van der Waals surface area contributed by atoms with Gasteiger partial charge in [0.05, 0.1) is 0 Å². The van der Waals surface area contributed by atoms with Gasteiger partial charge in [-0.1, -0.05) is 6.92 Å². The van der Waals surface area contributed by atoms with E-state index in [4.69, 9.17) is 0 Å². The molecule has 5 nitrogen and oxygen atoms in total. The van der Waals surface area contributed by atoms with Crippen molar-refractivity contribution < 1.29 is 0 Å². The number of H-pyrrole nitrogens is 1. The van der Waals surface area contributed by atoms with Crippen LogP contribution in [0.2, 0.25) is 0 Å². The summed E-state index contributed by atoms with van der Waals surface area (Å²) in [6.07, 6.45) is 2.91. The monoisotopic (exact) mass is 222 g/mol. The summed E-state index contributed by atoms with van der Waals surface area (Å²) in [6.45, 7) is 4.04. The summed E-state index contributed by atoms with van der Waals surface area (Å²) in [7, 11) is 0. The normalized spacial score (nSPS) is 17.3. The first-order valence-corrected chi connectivity index (χ1v) is 5.85. The van der Waals surface area contributed by atoms with Crippen molar-refractivity contribution in [1.29, 1.82) is 0 Å². The fraction of sp³-hybridized carbons (Fsp3) is 0.636. The van der Waals surface area contributed by atoms with Crippen molar-refractivity contribution >= 4 is 5.82 Å². The smallest absolute Gasteiger partial charge is 0.252 e. The Bertz CT molecular complexity index is 395. The van der Waals surface area contributed by atoms with Gasteiger partial charge in [0.15, 0.2) is 0 Å². The molecule has 2 rings (SSSR count). The second-order valence-corrected chi connectivity index (χ2v) is 4.10. The largest absolute Gasteiger partial charge is 0.367 e. The molecule has 0 saturated carbocycles. The molecule has 5 heteroatoms. The maximum absolute atomic E-state index is 11.4. The summed E-state index contributed by atoms with van der Waals surface area (Å²) in [5.41, 5.74) is -0.0803. The van der Waals surface area contributed by atoms with Crippen LogP contribution in [0.25, 0.3) is 0 Å². The minimum Gasteiger partial charge on any atom is -0.367 e.